The van der Waals surface area contributed by atoms with Crippen LogP contribution in [0.15, 0.2) is 0 Å². The lowest BCUT2D eigenvalue weighted by Gasteiger charge is -2.25. The topological polar surface area (TPSA) is 64.4 Å². The molecule has 3 N–H and O–H groups in total. The van der Waals surface area contributed by atoms with Crippen molar-refractivity contribution < 1.29 is 9.53 Å². The zero-order chi connectivity index (χ0) is 10.6. The molecule has 0 spiro atoms. The van der Waals surface area contributed by atoms with Crippen LogP contribution in [0.1, 0.15) is 33.1 Å². The van der Waals surface area contributed by atoms with Gasteiger partial charge < -0.3 is 15.8 Å². The van der Waals surface area contributed by atoms with Crippen LogP contribution >= 0.6 is 0 Å². The van der Waals surface area contributed by atoms with Crippen LogP contribution in [0, 0.1) is 0 Å². The fourth-order valence-corrected chi connectivity index (χ4v) is 1.53. The Morgan fingerprint density at radius 3 is 2.57 bits per heavy atom. The summed E-state index contributed by atoms with van der Waals surface area (Å²) >= 11 is 0. The largest absolute Gasteiger partial charge is 0.381 e. The van der Waals surface area contributed by atoms with Crippen LogP contribution in [0.2, 0.25) is 0 Å². The summed E-state index contributed by atoms with van der Waals surface area (Å²) in [6.07, 6.45) is 2.21. The molecule has 0 aromatic heterocycles. The zero-order valence-corrected chi connectivity index (χ0v) is 9.01. The fourth-order valence-electron chi connectivity index (χ4n) is 1.53. The molecule has 0 radical (unpaired) electrons. The second-order valence-electron chi connectivity index (χ2n) is 4.62. The predicted octanol–water partition coefficient (Wildman–Crippen LogP) is 0.409. The van der Waals surface area contributed by atoms with Crippen LogP contribution in [-0.2, 0) is 9.53 Å². The molecule has 0 bridgehead atoms. The summed E-state index contributed by atoms with van der Waals surface area (Å²) < 4.78 is 5.21. The molecule has 14 heavy (non-hydrogen) atoms. The van der Waals surface area contributed by atoms with Crippen LogP contribution in [0.5, 0.6) is 0 Å². The van der Waals surface area contributed by atoms with Gasteiger partial charge in [-0.05, 0) is 26.7 Å². The molecular formula is C10H20N2O2. The van der Waals surface area contributed by atoms with E-state index >= 15 is 0 Å². The van der Waals surface area contributed by atoms with Crippen molar-refractivity contribution >= 4 is 5.91 Å². The Hall–Kier alpha value is -0.610. The van der Waals surface area contributed by atoms with E-state index in [-0.39, 0.29) is 11.9 Å². The molecule has 1 amide bonds. The van der Waals surface area contributed by atoms with Gasteiger partial charge >= 0.3 is 0 Å². The van der Waals surface area contributed by atoms with E-state index in [9.17, 15) is 4.79 Å². The SMILES string of the molecule is CC(C)(N)CC(=O)NC1CCOCC1. The fraction of sp³-hybridized carbons (Fsp3) is 0.900. The highest BCUT2D eigenvalue weighted by molar-refractivity contribution is 5.77. The quantitative estimate of drug-likeness (QED) is 0.693. The number of ether oxygens (including phenoxy) is 1. The lowest BCUT2D eigenvalue weighted by atomic mass is 10.0. The maximum atomic E-state index is 11.5. The third-order valence-electron chi connectivity index (χ3n) is 2.20. The van der Waals surface area contributed by atoms with E-state index in [1.165, 1.54) is 0 Å². The number of amides is 1. The molecule has 0 atom stereocenters. The standard InChI is InChI=1S/C10H20N2O2/c1-10(2,11)7-9(13)12-8-3-5-14-6-4-8/h8H,3-7,11H2,1-2H3,(H,12,13). The van der Waals surface area contributed by atoms with Gasteiger partial charge in [-0.15, -0.1) is 0 Å². The minimum atomic E-state index is -0.421. The van der Waals surface area contributed by atoms with Gasteiger partial charge in [-0.25, -0.2) is 0 Å². The molecule has 0 aromatic carbocycles. The predicted molar refractivity (Wildman–Crippen MR) is 54.9 cm³/mol. The monoisotopic (exact) mass is 200 g/mol. The van der Waals surface area contributed by atoms with Crippen molar-refractivity contribution in [1.82, 2.24) is 5.32 Å². The van der Waals surface area contributed by atoms with Gasteiger partial charge in [-0.3, -0.25) is 4.79 Å². The van der Waals surface area contributed by atoms with Gasteiger partial charge in [-0.2, -0.15) is 0 Å². The number of hydrogen-bond acceptors (Lipinski definition) is 3. The highest BCUT2D eigenvalue weighted by Crippen LogP contribution is 2.08. The average molecular weight is 200 g/mol. The first-order valence-corrected chi connectivity index (χ1v) is 5.13. The Kier molecular flexibility index (Phi) is 3.89. The van der Waals surface area contributed by atoms with Gasteiger partial charge in [0.1, 0.15) is 0 Å². The van der Waals surface area contributed by atoms with E-state index in [0.29, 0.717) is 6.42 Å². The number of rotatable bonds is 3. The summed E-state index contributed by atoms with van der Waals surface area (Å²) in [6.45, 7) is 5.21. The summed E-state index contributed by atoms with van der Waals surface area (Å²) in [5.41, 5.74) is 5.33. The Labute approximate surface area is 85.2 Å². The van der Waals surface area contributed by atoms with Gasteiger partial charge in [0.05, 0.1) is 0 Å². The lowest BCUT2D eigenvalue weighted by molar-refractivity contribution is -0.123. The highest BCUT2D eigenvalue weighted by Gasteiger charge is 2.20. The summed E-state index contributed by atoms with van der Waals surface area (Å²) in [4.78, 5) is 11.5. The van der Waals surface area contributed by atoms with Crippen molar-refractivity contribution in [2.75, 3.05) is 13.2 Å². The smallest absolute Gasteiger partial charge is 0.222 e. The van der Waals surface area contributed by atoms with Crippen LogP contribution in [0.3, 0.4) is 0 Å². The molecule has 1 heterocycles. The first kappa shape index (κ1) is 11.5. The minimum Gasteiger partial charge on any atom is -0.381 e. The summed E-state index contributed by atoms with van der Waals surface area (Å²) in [6, 6.07) is 0.276. The maximum absolute atomic E-state index is 11.5. The van der Waals surface area contributed by atoms with E-state index in [1.54, 1.807) is 0 Å². The number of hydrogen-bond donors (Lipinski definition) is 2. The summed E-state index contributed by atoms with van der Waals surface area (Å²) in [5.74, 6) is 0.0457. The Balaban J connectivity index is 2.25. The van der Waals surface area contributed by atoms with Gasteiger partial charge in [0.2, 0.25) is 5.91 Å². The third-order valence-corrected chi connectivity index (χ3v) is 2.20. The van der Waals surface area contributed by atoms with Crippen molar-refractivity contribution in [2.24, 2.45) is 5.73 Å². The van der Waals surface area contributed by atoms with Crippen molar-refractivity contribution in [3.8, 4) is 0 Å². The number of nitrogens with two attached hydrogens (primary N) is 1. The lowest BCUT2D eigenvalue weighted by Crippen LogP contribution is -2.44. The van der Waals surface area contributed by atoms with Gasteiger partial charge in [0.25, 0.3) is 0 Å². The van der Waals surface area contributed by atoms with Crippen LogP contribution in [0.4, 0.5) is 0 Å². The summed E-state index contributed by atoms with van der Waals surface area (Å²) in [7, 11) is 0. The molecule has 0 aromatic rings. The van der Waals surface area contributed by atoms with Gasteiger partial charge in [0.15, 0.2) is 0 Å². The normalized spacial score (nSPS) is 19.4. The molecule has 4 nitrogen and oxygen atoms in total. The van der Waals surface area contributed by atoms with E-state index in [1.807, 2.05) is 13.8 Å². The summed E-state index contributed by atoms with van der Waals surface area (Å²) in [5, 5.41) is 2.98. The van der Waals surface area contributed by atoms with Crippen molar-refractivity contribution in [1.29, 1.82) is 0 Å². The maximum Gasteiger partial charge on any atom is 0.222 e. The van der Waals surface area contributed by atoms with Crippen molar-refractivity contribution in [2.45, 2.75) is 44.7 Å². The van der Waals surface area contributed by atoms with Gasteiger partial charge in [0, 0.05) is 31.2 Å². The zero-order valence-electron chi connectivity index (χ0n) is 9.01. The van der Waals surface area contributed by atoms with Crippen LogP contribution in [-0.4, -0.2) is 30.7 Å². The molecule has 82 valence electrons. The molecule has 0 unspecified atom stereocenters. The first-order chi connectivity index (χ1) is 6.47. The van der Waals surface area contributed by atoms with E-state index in [2.05, 4.69) is 5.32 Å². The molecule has 1 rings (SSSR count). The first-order valence-electron chi connectivity index (χ1n) is 5.13. The van der Waals surface area contributed by atoms with E-state index in [4.69, 9.17) is 10.5 Å². The molecule has 0 saturated carbocycles. The van der Waals surface area contributed by atoms with Crippen molar-refractivity contribution in [3.63, 3.8) is 0 Å². The van der Waals surface area contributed by atoms with Gasteiger partial charge in [-0.1, -0.05) is 0 Å². The van der Waals surface area contributed by atoms with E-state index in [0.717, 1.165) is 26.1 Å². The molecule has 1 fully saturated rings. The Bertz CT molecular complexity index is 193. The number of carbonyl (C=O) groups is 1. The molecular weight excluding hydrogens is 180 g/mol. The number of nitrogens with one attached hydrogen (secondary N) is 1. The Morgan fingerprint density at radius 1 is 1.50 bits per heavy atom. The molecule has 1 aliphatic heterocycles. The second-order valence-corrected chi connectivity index (χ2v) is 4.62. The molecule has 0 aliphatic carbocycles. The van der Waals surface area contributed by atoms with E-state index < -0.39 is 5.54 Å². The number of carbonyl (C=O) groups excluding carboxylic acids is 1. The molecule has 4 heteroatoms. The van der Waals surface area contributed by atoms with Crippen LogP contribution in [0.25, 0.3) is 0 Å². The third kappa shape index (κ3) is 4.58. The molecule has 1 saturated heterocycles. The molecule has 1 aliphatic rings. The Morgan fingerprint density at radius 2 is 2.07 bits per heavy atom. The average Bonchev–Trinajstić information content (AvgIpc) is 2.02. The van der Waals surface area contributed by atoms with Crippen LogP contribution < -0.4 is 11.1 Å². The second kappa shape index (κ2) is 4.75. The minimum absolute atomic E-state index is 0.0457. The van der Waals surface area contributed by atoms with Crippen molar-refractivity contribution in [3.05, 3.63) is 0 Å². The highest BCUT2D eigenvalue weighted by atomic mass is 16.5.